The number of aromatic carboxylic acids is 1. The number of carboxylic acids is 1. The third-order valence-corrected chi connectivity index (χ3v) is 3.75. The Morgan fingerprint density at radius 1 is 1.18 bits per heavy atom. The second-order valence-electron chi connectivity index (χ2n) is 5.57. The van der Waals surface area contributed by atoms with Crippen LogP contribution in [0.4, 0.5) is 5.82 Å². The smallest absolute Gasteiger partial charge is 0.337 e. The molecule has 0 spiro atoms. The van der Waals surface area contributed by atoms with Gasteiger partial charge in [0.15, 0.2) is 0 Å². The number of fused-ring (bicyclic) bond motifs is 1. The highest BCUT2D eigenvalue weighted by molar-refractivity contribution is 5.88. The Morgan fingerprint density at radius 2 is 1.86 bits per heavy atom. The number of carboxylic acid groups (broad SMARTS) is 1. The van der Waals surface area contributed by atoms with Crippen LogP contribution in [0, 0.1) is 0 Å². The lowest BCUT2D eigenvalue weighted by Gasteiger charge is -2.06. The van der Waals surface area contributed by atoms with E-state index in [0.29, 0.717) is 23.1 Å². The van der Waals surface area contributed by atoms with Crippen molar-refractivity contribution < 1.29 is 9.90 Å². The summed E-state index contributed by atoms with van der Waals surface area (Å²) in [6.45, 7) is 4.28. The van der Waals surface area contributed by atoms with Crippen molar-refractivity contribution in [1.82, 2.24) is 9.38 Å². The van der Waals surface area contributed by atoms with Crippen LogP contribution in [-0.2, 0) is 0 Å². The minimum Gasteiger partial charge on any atom is -0.478 e. The van der Waals surface area contributed by atoms with Crippen molar-refractivity contribution in [1.29, 1.82) is 0 Å². The van der Waals surface area contributed by atoms with Crippen molar-refractivity contribution in [3.05, 3.63) is 53.7 Å². The molecule has 3 N–H and O–H groups in total. The van der Waals surface area contributed by atoms with Crippen molar-refractivity contribution in [2.24, 2.45) is 0 Å². The molecule has 5 nitrogen and oxygen atoms in total. The van der Waals surface area contributed by atoms with Gasteiger partial charge >= 0.3 is 5.97 Å². The maximum atomic E-state index is 11.1. The van der Waals surface area contributed by atoms with Crippen LogP contribution in [0.3, 0.4) is 0 Å². The van der Waals surface area contributed by atoms with Crippen LogP contribution >= 0.6 is 0 Å². The average molecular weight is 295 g/mol. The molecule has 2 aromatic heterocycles. The minimum absolute atomic E-state index is 0.179. The molecule has 1 aromatic carbocycles. The van der Waals surface area contributed by atoms with Crippen LogP contribution in [0.25, 0.3) is 16.9 Å². The molecule has 0 aliphatic heterocycles. The van der Waals surface area contributed by atoms with Gasteiger partial charge in [-0.1, -0.05) is 38.1 Å². The van der Waals surface area contributed by atoms with E-state index < -0.39 is 5.97 Å². The first-order valence-corrected chi connectivity index (χ1v) is 7.08. The number of benzene rings is 1. The number of carbonyl (C=O) groups is 1. The number of imidazole rings is 1. The van der Waals surface area contributed by atoms with Crippen LogP contribution in [0.2, 0.25) is 0 Å². The van der Waals surface area contributed by atoms with Crippen LogP contribution in [0.1, 0.15) is 35.7 Å². The van der Waals surface area contributed by atoms with Crippen molar-refractivity contribution in [2.75, 3.05) is 5.73 Å². The minimum atomic E-state index is -0.988. The van der Waals surface area contributed by atoms with E-state index in [-0.39, 0.29) is 5.56 Å². The van der Waals surface area contributed by atoms with Gasteiger partial charge in [0.1, 0.15) is 17.2 Å². The summed E-state index contributed by atoms with van der Waals surface area (Å²) in [4.78, 5) is 15.6. The molecule has 2 heterocycles. The lowest BCUT2D eigenvalue weighted by Crippen LogP contribution is -2.00. The Kier molecular flexibility index (Phi) is 3.33. The molecule has 0 unspecified atom stereocenters. The zero-order chi connectivity index (χ0) is 15.9. The SMILES string of the molecule is CC(C)c1ccc(-c2nc3ccc(C(=O)O)cn3c2N)cc1. The van der Waals surface area contributed by atoms with Gasteiger partial charge in [-0.05, 0) is 23.6 Å². The molecular formula is C17H17N3O2. The van der Waals surface area contributed by atoms with E-state index >= 15 is 0 Å². The Balaban J connectivity index is 2.11. The third-order valence-electron chi connectivity index (χ3n) is 3.75. The normalized spacial score (nSPS) is 11.2. The summed E-state index contributed by atoms with van der Waals surface area (Å²) in [7, 11) is 0. The summed E-state index contributed by atoms with van der Waals surface area (Å²) >= 11 is 0. The molecule has 22 heavy (non-hydrogen) atoms. The van der Waals surface area contributed by atoms with Crippen LogP contribution in [-0.4, -0.2) is 20.5 Å². The molecule has 0 aliphatic carbocycles. The molecule has 0 amide bonds. The van der Waals surface area contributed by atoms with Gasteiger partial charge < -0.3 is 10.8 Å². The maximum Gasteiger partial charge on any atom is 0.337 e. The van der Waals surface area contributed by atoms with Crippen LogP contribution < -0.4 is 5.73 Å². The molecule has 3 rings (SSSR count). The number of hydrogen-bond acceptors (Lipinski definition) is 3. The molecule has 0 saturated carbocycles. The summed E-state index contributed by atoms with van der Waals surface area (Å²) in [5.74, 6) is -0.0844. The first-order chi connectivity index (χ1) is 10.5. The quantitative estimate of drug-likeness (QED) is 0.776. The lowest BCUT2D eigenvalue weighted by atomic mass is 10.0. The van der Waals surface area contributed by atoms with Crippen molar-refractivity contribution in [2.45, 2.75) is 19.8 Å². The molecule has 0 atom stereocenters. The monoisotopic (exact) mass is 295 g/mol. The van der Waals surface area contributed by atoms with Crippen LogP contribution in [0.15, 0.2) is 42.6 Å². The molecule has 112 valence electrons. The first kappa shape index (κ1) is 14.1. The zero-order valence-corrected chi connectivity index (χ0v) is 12.4. The predicted octanol–water partition coefficient (Wildman–Crippen LogP) is 3.41. The van der Waals surface area contributed by atoms with E-state index in [0.717, 1.165) is 5.56 Å². The fraction of sp³-hybridized carbons (Fsp3) is 0.176. The van der Waals surface area contributed by atoms with Crippen molar-refractivity contribution in [3.8, 4) is 11.3 Å². The first-order valence-electron chi connectivity index (χ1n) is 7.08. The summed E-state index contributed by atoms with van der Waals surface area (Å²) in [5.41, 5.74) is 9.79. The molecular weight excluding hydrogens is 278 g/mol. The molecule has 0 fully saturated rings. The van der Waals surface area contributed by atoms with Crippen molar-refractivity contribution in [3.63, 3.8) is 0 Å². The van der Waals surface area contributed by atoms with E-state index in [1.54, 1.807) is 10.5 Å². The molecule has 0 radical (unpaired) electrons. The number of nitrogens with zero attached hydrogens (tertiary/aromatic N) is 2. The Morgan fingerprint density at radius 3 is 2.45 bits per heavy atom. The van der Waals surface area contributed by atoms with Gasteiger partial charge in [-0.15, -0.1) is 0 Å². The average Bonchev–Trinajstić information content (AvgIpc) is 2.84. The largest absolute Gasteiger partial charge is 0.478 e. The predicted molar refractivity (Wildman–Crippen MR) is 86.1 cm³/mol. The van der Waals surface area contributed by atoms with Gasteiger partial charge in [0, 0.05) is 11.8 Å². The summed E-state index contributed by atoms with van der Waals surface area (Å²) < 4.78 is 1.61. The van der Waals surface area contributed by atoms with Gasteiger partial charge in [0.2, 0.25) is 0 Å². The summed E-state index contributed by atoms with van der Waals surface area (Å²) in [5, 5.41) is 9.07. The van der Waals surface area contributed by atoms with Gasteiger partial charge in [0.05, 0.1) is 5.56 Å². The number of pyridine rings is 1. The van der Waals surface area contributed by atoms with E-state index in [4.69, 9.17) is 10.8 Å². The van der Waals surface area contributed by atoms with Gasteiger partial charge in [0.25, 0.3) is 0 Å². The van der Waals surface area contributed by atoms with E-state index in [2.05, 4.69) is 31.0 Å². The number of anilines is 1. The molecule has 5 heteroatoms. The fourth-order valence-corrected chi connectivity index (χ4v) is 2.43. The van der Waals surface area contributed by atoms with Gasteiger partial charge in [-0.2, -0.15) is 0 Å². The summed E-state index contributed by atoms with van der Waals surface area (Å²) in [6.07, 6.45) is 1.49. The third kappa shape index (κ3) is 2.30. The Hall–Kier alpha value is -2.82. The highest BCUT2D eigenvalue weighted by Crippen LogP contribution is 2.28. The van der Waals surface area contributed by atoms with E-state index in [1.165, 1.54) is 17.8 Å². The van der Waals surface area contributed by atoms with Crippen molar-refractivity contribution >= 4 is 17.4 Å². The number of nitrogens with two attached hydrogens (primary N) is 1. The topological polar surface area (TPSA) is 80.6 Å². The van der Waals surface area contributed by atoms with E-state index in [1.807, 2.05) is 12.1 Å². The van der Waals surface area contributed by atoms with E-state index in [9.17, 15) is 4.79 Å². The van der Waals surface area contributed by atoms with Gasteiger partial charge in [-0.25, -0.2) is 9.78 Å². The lowest BCUT2D eigenvalue weighted by molar-refractivity contribution is 0.0696. The number of nitrogen functional groups attached to an aromatic ring is 1. The highest BCUT2D eigenvalue weighted by Gasteiger charge is 2.13. The Bertz CT molecular complexity index is 848. The number of hydrogen-bond donors (Lipinski definition) is 2. The Labute approximate surface area is 128 Å². The highest BCUT2D eigenvalue weighted by atomic mass is 16.4. The molecule has 0 saturated heterocycles. The molecule has 3 aromatic rings. The number of rotatable bonds is 3. The second kappa shape index (κ2) is 5.18. The zero-order valence-electron chi connectivity index (χ0n) is 12.4. The molecule has 0 bridgehead atoms. The van der Waals surface area contributed by atoms with Crippen LogP contribution in [0.5, 0.6) is 0 Å². The number of aromatic nitrogens is 2. The summed E-state index contributed by atoms with van der Waals surface area (Å²) in [6, 6.07) is 11.3. The maximum absolute atomic E-state index is 11.1. The second-order valence-corrected chi connectivity index (χ2v) is 5.57. The standard InChI is InChI=1S/C17H17N3O2/c1-10(2)11-3-5-12(6-4-11)15-16(18)20-9-13(17(21)22)7-8-14(20)19-15/h3-10H,18H2,1-2H3,(H,21,22). The fourth-order valence-electron chi connectivity index (χ4n) is 2.43. The van der Waals surface area contributed by atoms with Gasteiger partial charge in [-0.3, -0.25) is 4.40 Å². The molecule has 0 aliphatic rings.